The van der Waals surface area contributed by atoms with E-state index in [2.05, 4.69) is 6.07 Å². The number of nitrogens with zero attached hydrogens (tertiary/aromatic N) is 2. The zero-order valence-corrected chi connectivity index (χ0v) is 18.8. The smallest absolute Gasteiger partial charge is 0.126 e. The second-order valence-electron chi connectivity index (χ2n) is 7.07. The van der Waals surface area contributed by atoms with E-state index < -0.39 is 0 Å². The van der Waals surface area contributed by atoms with Gasteiger partial charge in [0.25, 0.3) is 0 Å². The normalized spacial score (nSPS) is 15.9. The number of benzene rings is 3. The molecule has 4 nitrogen and oxygen atoms in total. The molecule has 0 spiro atoms. The van der Waals surface area contributed by atoms with Crippen LogP contribution in [0.5, 0.6) is 11.5 Å². The highest BCUT2D eigenvalue weighted by Crippen LogP contribution is 2.40. The number of halogens is 2. The summed E-state index contributed by atoms with van der Waals surface area (Å²) in [5.74, 6) is 1.64. The fraction of sp³-hybridized carbons (Fsp3) is 0.160. The Morgan fingerprint density at radius 2 is 1.58 bits per heavy atom. The molecule has 0 unspecified atom stereocenters. The van der Waals surface area contributed by atoms with Crippen LogP contribution in [0.4, 0.5) is 5.69 Å². The van der Waals surface area contributed by atoms with Gasteiger partial charge < -0.3 is 9.47 Å². The molecule has 0 saturated heterocycles. The van der Waals surface area contributed by atoms with Crippen molar-refractivity contribution in [3.05, 3.63) is 94.0 Å². The van der Waals surface area contributed by atoms with Gasteiger partial charge in [0.2, 0.25) is 0 Å². The molecule has 158 valence electrons. The van der Waals surface area contributed by atoms with Crippen LogP contribution in [0.1, 0.15) is 23.6 Å². The molecule has 6 heteroatoms. The monoisotopic (exact) mass is 452 g/mol. The molecule has 0 bridgehead atoms. The summed E-state index contributed by atoms with van der Waals surface area (Å²) in [6.45, 7) is 0. The van der Waals surface area contributed by atoms with Gasteiger partial charge in [-0.3, -0.25) is 5.01 Å². The first kappa shape index (κ1) is 21.3. The van der Waals surface area contributed by atoms with E-state index in [9.17, 15) is 0 Å². The molecule has 0 radical (unpaired) electrons. The van der Waals surface area contributed by atoms with Gasteiger partial charge in [0.1, 0.15) is 11.5 Å². The number of para-hydroxylation sites is 2. The molecule has 0 fully saturated rings. The van der Waals surface area contributed by atoms with Crippen LogP contribution in [-0.4, -0.2) is 19.9 Å². The van der Waals surface area contributed by atoms with Gasteiger partial charge in [-0.2, -0.15) is 5.10 Å². The van der Waals surface area contributed by atoms with E-state index in [1.165, 1.54) is 0 Å². The van der Waals surface area contributed by atoms with Crippen LogP contribution in [0.25, 0.3) is 6.08 Å². The minimum Gasteiger partial charge on any atom is -0.496 e. The molecule has 0 aromatic heterocycles. The number of methoxy groups -OCH3 is 2. The van der Waals surface area contributed by atoms with Crippen molar-refractivity contribution in [2.24, 2.45) is 5.10 Å². The van der Waals surface area contributed by atoms with E-state index in [4.69, 9.17) is 37.8 Å². The van der Waals surface area contributed by atoms with Gasteiger partial charge >= 0.3 is 0 Å². The first-order chi connectivity index (χ1) is 15.1. The Morgan fingerprint density at radius 3 is 2.32 bits per heavy atom. The average molecular weight is 453 g/mol. The van der Waals surface area contributed by atoms with Crippen LogP contribution < -0.4 is 14.5 Å². The van der Waals surface area contributed by atoms with Crippen LogP contribution in [0, 0.1) is 0 Å². The van der Waals surface area contributed by atoms with Crippen LogP contribution in [0.3, 0.4) is 0 Å². The third kappa shape index (κ3) is 4.55. The molecule has 1 atom stereocenters. The molecular formula is C25H22Cl2N2O2. The van der Waals surface area contributed by atoms with Gasteiger partial charge in [-0.05, 0) is 42.5 Å². The van der Waals surface area contributed by atoms with Gasteiger partial charge in [0.05, 0.1) is 41.7 Å². The average Bonchev–Trinajstić information content (AvgIpc) is 3.23. The Hall–Kier alpha value is -2.95. The van der Waals surface area contributed by atoms with E-state index in [1.807, 2.05) is 71.8 Å². The maximum Gasteiger partial charge on any atom is 0.126 e. The summed E-state index contributed by atoms with van der Waals surface area (Å²) in [5, 5.41) is 7.88. The maximum absolute atomic E-state index is 6.30. The molecule has 4 rings (SSSR count). The largest absolute Gasteiger partial charge is 0.496 e. The Balaban J connectivity index is 1.72. The highest BCUT2D eigenvalue weighted by atomic mass is 35.5. The molecular weight excluding hydrogens is 431 g/mol. The lowest BCUT2D eigenvalue weighted by atomic mass is 9.99. The fourth-order valence-electron chi connectivity index (χ4n) is 3.67. The SMILES string of the molecule is COc1ccccc1/C=C/C1=NN(c2ccc(Cl)c(Cl)c2)[C@H](c2ccccc2OC)C1. The summed E-state index contributed by atoms with van der Waals surface area (Å²) in [6.07, 6.45) is 4.76. The van der Waals surface area contributed by atoms with Gasteiger partial charge in [-0.15, -0.1) is 0 Å². The summed E-state index contributed by atoms with van der Waals surface area (Å²) in [4.78, 5) is 0. The van der Waals surface area contributed by atoms with Gasteiger partial charge in [-0.1, -0.05) is 59.6 Å². The highest BCUT2D eigenvalue weighted by Gasteiger charge is 2.30. The Kier molecular flexibility index (Phi) is 6.50. The van der Waals surface area contributed by atoms with Gasteiger partial charge in [0.15, 0.2) is 0 Å². The zero-order chi connectivity index (χ0) is 21.8. The molecule has 0 aliphatic carbocycles. The number of hydrogen-bond donors (Lipinski definition) is 0. The zero-order valence-electron chi connectivity index (χ0n) is 17.3. The minimum atomic E-state index is -0.0364. The van der Waals surface area contributed by atoms with E-state index in [-0.39, 0.29) is 6.04 Å². The maximum atomic E-state index is 6.30. The van der Waals surface area contributed by atoms with Crippen LogP contribution in [0.2, 0.25) is 10.0 Å². The number of anilines is 1. The van der Waals surface area contributed by atoms with Crippen molar-refractivity contribution in [2.75, 3.05) is 19.2 Å². The molecule has 1 aliphatic rings. The lowest BCUT2D eigenvalue weighted by Crippen LogP contribution is -2.19. The number of rotatable bonds is 6. The standard InChI is InChI=1S/C25H22Cl2N2O2/c1-30-24-9-5-3-7-17(24)11-12-18-15-23(20-8-4-6-10-25(20)31-2)29(28-18)19-13-14-21(26)22(27)16-19/h3-14,16,23H,15H2,1-2H3/b12-11+/t23-/m0/s1. The topological polar surface area (TPSA) is 34.1 Å². The lowest BCUT2D eigenvalue weighted by molar-refractivity contribution is 0.405. The minimum absolute atomic E-state index is 0.0364. The molecule has 31 heavy (non-hydrogen) atoms. The number of ether oxygens (including phenoxy) is 2. The highest BCUT2D eigenvalue weighted by molar-refractivity contribution is 6.42. The predicted octanol–water partition coefficient (Wildman–Crippen LogP) is 7.03. The van der Waals surface area contributed by atoms with E-state index in [1.54, 1.807) is 20.3 Å². The second kappa shape index (κ2) is 9.46. The van der Waals surface area contributed by atoms with Crippen molar-refractivity contribution >= 4 is 40.7 Å². The molecule has 3 aromatic rings. The summed E-state index contributed by atoms with van der Waals surface area (Å²) < 4.78 is 11.1. The van der Waals surface area contributed by atoms with Crippen molar-refractivity contribution in [2.45, 2.75) is 12.5 Å². The molecule has 3 aromatic carbocycles. The summed E-state index contributed by atoms with van der Waals surface area (Å²) in [7, 11) is 3.35. The Labute approximate surface area is 192 Å². The van der Waals surface area contributed by atoms with Gasteiger partial charge in [-0.25, -0.2) is 0 Å². The van der Waals surface area contributed by atoms with E-state index >= 15 is 0 Å². The van der Waals surface area contributed by atoms with E-state index in [0.717, 1.165) is 34.0 Å². The Bertz CT molecular complexity index is 1140. The van der Waals surface area contributed by atoms with Gasteiger partial charge in [0, 0.05) is 17.5 Å². The number of allylic oxidation sites excluding steroid dienone is 1. The van der Waals surface area contributed by atoms with Crippen LogP contribution >= 0.6 is 23.2 Å². The molecule has 0 saturated carbocycles. The van der Waals surface area contributed by atoms with Crippen molar-refractivity contribution in [1.29, 1.82) is 0 Å². The molecule has 1 heterocycles. The fourth-order valence-corrected chi connectivity index (χ4v) is 3.97. The molecule has 0 N–H and O–H groups in total. The summed E-state index contributed by atoms with van der Waals surface area (Å²) in [5.41, 5.74) is 3.86. The number of hydrogen-bond acceptors (Lipinski definition) is 4. The quantitative estimate of drug-likeness (QED) is 0.402. The summed E-state index contributed by atoms with van der Waals surface area (Å²) >= 11 is 12.4. The molecule has 1 aliphatic heterocycles. The second-order valence-corrected chi connectivity index (χ2v) is 7.89. The van der Waals surface area contributed by atoms with E-state index in [0.29, 0.717) is 16.5 Å². The van der Waals surface area contributed by atoms with Crippen LogP contribution in [-0.2, 0) is 0 Å². The first-order valence-corrected chi connectivity index (χ1v) is 10.6. The summed E-state index contributed by atoms with van der Waals surface area (Å²) in [6, 6.07) is 21.4. The van der Waals surface area contributed by atoms with Crippen molar-refractivity contribution in [3.63, 3.8) is 0 Å². The first-order valence-electron chi connectivity index (χ1n) is 9.86. The number of hydrazone groups is 1. The third-order valence-corrected chi connectivity index (χ3v) is 5.93. The predicted molar refractivity (Wildman–Crippen MR) is 129 cm³/mol. The van der Waals surface area contributed by atoms with Crippen LogP contribution in [0.15, 0.2) is 77.9 Å². The van der Waals surface area contributed by atoms with Crippen molar-refractivity contribution < 1.29 is 9.47 Å². The lowest BCUT2D eigenvalue weighted by Gasteiger charge is -2.25. The van der Waals surface area contributed by atoms with Crippen molar-refractivity contribution in [3.8, 4) is 11.5 Å². The third-order valence-electron chi connectivity index (χ3n) is 5.19. The molecule has 0 amide bonds. The Morgan fingerprint density at radius 1 is 0.871 bits per heavy atom. The van der Waals surface area contributed by atoms with Crippen molar-refractivity contribution in [1.82, 2.24) is 0 Å².